The maximum Gasteiger partial charge on any atom is 0.0294 e. The number of hydrogen-bond donors (Lipinski definition) is 1. The van der Waals surface area contributed by atoms with E-state index < -0.39 is 0 Å². The van der Waals surface area contributed by atoms with Crippen LogP contribution < -0.4 is 5.32 Å². The van der Waals surface area contributed by atoms with E-state index in [1.165, 1.54) is 5.56 Å². The van der Waals surface area contributed by atoms with E-state index in [1.807, 2.05) is 11.8 Å². The summed E-state index contributed by atoms with van der Waals surface area (Å²) in [7, 11) is 0. The molecular formula is C12H19NS. The van der Waals surface area contributed by atoms with Crippen LogP contribution in [0.25, 0.3) is 0 Å². The van der Waals surface area contributed by atoms with Crippen LogP contribution in [-0.4, -0.2) is 18.1 Å². The van der Waals surface area contributed by atoms with Gasteiger partial charge in [-0.3, -0.25) is 0 Å². The van der Waals surface area contributed by atoms with Crippen molar-refractivity contribution in [3.63, 3.8) is 0 Å². The van der Waals surface area contributed by atoms with Gasteiger partial charge in [0.2, 0.25) is 0 Å². The maximum atomic E-state index is 3.58. The van der Waals surface area contributed by atoms with Crippen molar-refractivity contribution in [2.24, 2.45) is 0 Å². The van der Waals surface area contributed by atoms with E-state index >= 15 is 0 Å². The normalized spacial score (nSPS) is 15.1. The van der Waals surface area contributed by atoms with Gasteiger partial charge in [0.1, 0.15) is 0 Å². The van der Waals surface area contributed by atoms with Crippen LogP contribution in [0.5, 0.6) is 0 Å². The van der Waals surface area contributed by atoms with Crippen LogP contribution in [0.1, 0.15) is 25.5 Å². The molecule has 0 bridgehead atoms. The van der Waals surface area contributed by atoms with Gasteiger partial charge in [-0.2, -0.15) is 11.8 Å². The van der Waals surface area contributed by atoms with Crippen molar-refractivity contribution >= 4 is 11.8 Å². The lowest BCUT2D eigenvalue weighted by molar-refractivity contribution is 0.511. The fraction of sp³-hybridized carbons (Fsp3) is 0.500. The predicted octanol–water partition coefficient (Wildman–Crippen LogP) is 3.09. The summed E-state index contributed by atoms with van der Waals surface area (Å²) in [5.41, 5.74) is 1.36. The van der Waals surface area contributed by atoms with Crippen molar-refractivity contribution in [1.29, 1.82) is 0 Å². The summed E-state index contributed by atoms with van der Waals surface area (Å²) in [6, 6.07) is 11.6. The molecule has 0 aliphatic heterocycles. The summed E-state index contributed by atoms with van der Waals surface area (Å²) in [5.74, 6) is 1.16. The van der Waals surface area contributed by atoms with Gasteiger partial charge in [0, 0.05) is 17.8 Å². The molecule has 0 aliphatic rings. The van der Waals surface area contributed by atoms with E-state index in [0.717, 1.165) is 5.75 Å². The van der Waals surface area contributed by atoms with Gasteiger partial charge < -0.3 is 5.32 Å². The highest BCUT2D eigenvalue weighted by molar-refractivity contribution is 7.98. The monoisotopic (exact) mass is 209 g/mol. The lowest BCUT2D eigenvalue weighted by Gasteiger charge is -2.19. The molecule has 2 heteroatoms. The summed E-state index contributed by atoms with van der Waals surface area (Å²) >= 11 is 1.88. The van der Waals surface area contributed by atoms with Gasteiger partial charge in [0.05, 0.1) is 0 Å². The maximum absolute atomic E-state index is 3.58. The van der Waals surface area contributed by atoms with E-state index in [-0.39, 0.29) is 0 Å². The van der Waals surface area contributed by atoms with Gasteiger partial charge in [-0.1, -0.05) is 30.3 Å². The second-order valence-electron chi connectivity index (χ2n) is 3.66. The fourth-order valence-corrected chi connectivity index (χ4v) is 2.16. The molecule has 1 nitrogen and oxygen atoms in total. The third kappa shape index (κ3) is 3.72. The van der Waals surface area contributed by atoms with Crippen molar-refractivity contribution in [2.45, 2.75) is 25.9 Å². The molecule has 0 saturated heterocycles. The first-order valence-corrected chi connectivity index (χ1v) is 6.43. The Morgan fingerprint density at radius 1 is 1.21 bits per heavy atom. The Morgan fingerprint density at radius 2 is 1.86 bits per heavy atom. The molecule has 2 unspecified atom stereocenters. The summed E-state index contributed by atoms with van der Waals surface area (Å²) < 4.78 is 0. The van der Waals surface area contributed by atoms with Crippen molar-refractivity contribution in [2.75, 3.05) is 12.0 Å². The Bertz CT molecular complexity index is 248. The zero-order valence-corrected chi connectivity index (χ0v) is 9.97. The van der Waals surface area contributed by atoms with Crippen LogP contribution in [0.15, 0.2) is 30.3 Å². The Kier molecular flexibility index (Phi) is 5.05. The lowest BCUT2D eigenvalue weighted by Crippen LogP contribution is -2.30. The standard InChI is InChI=1S/C12H19NS/c1-10(9-14-3)13-11(2)12-7-5-4-6-8-12/h4-8,10-11,13H,9H2,1-3H3. The molecule has 1 aromatic carbocycles. The van der Waals surface area contributed by atoms with E-state index in [2.05, 4.69) is 55.8 Å². The van der Waals surface area contributed by atoms with Crippen LogP contribution in [-0.2, 0) is 0 Å². The number of hydrogen-bond acceptors (Lipinski definition) is 2. The molecular weight excluding hydrogens is 190 g/mol. The Morgan fingerprint density at radius 3 is 2.43 bits per heavy atom. The molecule has 1 rings (SSSR count). The highest BCUT2D eigenvalue weighted by Crippen LogP contribution is 2.12. The molecule has 0 fully saturated rings. The van der Waals surface area contributed by atoms with E-state index in [4.69, 9.17) is 0 Å². The largest absolute Gasteiger partial charge is 0.307 e. The summed E-state index contributed by atoms with van der Waals surface area (Å²) in [6.45, 7) is 4.45. The first-order chi connectivity index (χ1) is 6.74. The third-order valence-electron chi connectivity index (χ3n) is 2.25. The minimum atomic E-state index is 0.443. The van der Waals surface area contributed by atoms with E-state index in [1.54, 1.807) is 0 Å². The minimum Gasteiger partial charge on any atom is -0.307 e. The second kappa shape index (κ2) is 6.10. The van der Waals surface area contributed by atoms with Crippen molar-refractivity contribution in [3.05, 3.63) is 35.9 Å². The molecule has 0 aliphatic carbocycles. The lowest BCUT2D eigenvalue weighted by atomic mass is 10.1. The molecule has 0 radical (unpaired) electrons. The van der Waals surface area contributed by atoms with Crippen LogP contribution in [0, 0.1) is 0 Å². The number of thioether (sulfide) groups is 1. The average molecular weight is 209 g/mol. The fourth-order valence-electron chi connectivity index (χ4n) is 1.56. The number of benzene rings is 1. The first-order valence-electron chi connectivity index (χ1n) is 5.04. The molecule has 14 heavy (non-hydrogen) atoms. The van der Waals surface area contributed by atoms with Crippen LogP contribution in [0.4, 0.5) is 0 Å². The Hall–Kier alpha value is -0.470. The van der Waals surface area contributed by atoms with Crippen molar-refractivity contribution in [1.82, 2.24) is 5.32 Å². The molecule has 0 amide bonds. The van der Waals surface area contributed by atoms with Gasteiger partial charge in [-0.05, 0) is 25.7 Å². The van der Waals surface area contributed by atoms with Crippen LogP contribution in [0.2, 0.25) is 0 Å². The molecule has 1 N–H and O–H groups in total. The summed E-state index contributed by atoms with van der Waals surface area (Å²) in [6.07, 6.45) is 2.14. The average Bonchev–Trinajstić information content (AvgIpc) is 2.19. The number of rotatable bonds is 5. The summed E-state index contributed by atoms with van der Waals surface area (Å²) in [4.78, 5) is 0. The molecule has 78 valence electrons. The van der Waals surface area contributed by atoms with Crippen molar-refractivity contribution in [3.8, 4) is 0 Å². The van der Waals surface area contributed by atoms with Gasteiger partial charge in [-0.25, -0.2) is 0 Å². The zero-order chi connectivity index (χ0) is 10.4. The highest BCUT2D eigenvalue weighted by atomic mass is 32.2. The third-order valence-corrected chi connectivity index (χ3v) is 3.08. The van der Waals surface area contributed by atoms with Gasteiger partial charge in [-0.15, -0.1) is 0 Å². The van der Waals surface area contributed by atoms with Crippen molar-refractivity contribution < 1.29 is 0 Å². The van der Waals surface area contributed by atoms with Crippen LogP contribution >= 0.6 is 11.8 Å². The highest BCUT2D eigenvalue weighted by Gasteiger charge is 2.07. The Balaban J connectivity index is 2.46. The summed E-state index contributed by atoms with van der Waals surface area (Å²) in [5, 5.41) is 3.58. The minimum absolute atomic E-state index is 0.443. The van der Waals surface area contributed by atoms with Gasteiger partial charge >= 0.3 is 0 Å². The molecule has 1 aromatic rings. The van der Waals surface area contributed by atoms with Gasteiger partial charge in [0.15, 0.2) is 0 Å². The second-order valence-corrected chi connectivity index (χ2v) is 4.57. The molecule has 0 spiro atoms. The molecule has 0 heterocycles. The Labute approximate surface area is 91.3 Å². The smallest absolute Gasteiger partial charge is 0.0294 e. The van der Waals surface area contributed by atoms with Gasteiger partial charge in [0.25, 0.3) is 0 Å². The first kappa shape index (κ1) is 11.6. The molecule has 2 atom stereocenters. The van der Waals surface area contributed by atoms with E-state index in [9.17, 15) is 0 Å². The number of nitrogens with one attached hydrogen (secondary N) is 1. The molecule has 0 aromatic heterocycles. The zero-order valence-electron chi connectivity index (χ0n) is 9.16. The topological polar surface area (TPSA) is 12.0 Å². The van der Waals surface area contributed by atoms with E-state index in [0.29, 0.717) is 12.1 Å². The van der Waals surface area contributed by atoms with Crippen LogP contribution in [0.3, 0.4) is 0 Å². The SMILES string of the molecule is CSCC(C)NC(C)c1ccccc1. The molecule has 0 saturated carbocycles. The quantitative estimate of drug-likeness (QED) is 0.800. The predicted molar refractivity (Wildman–Crippen MR) is 65.8 cm³/mol.